The van der Waals surface area contributed by atoms with E-state index in [1.54, 1.807) is 0 Å². The van der Waals surface area contributed by atoms with E-state index >= 15 is 0 Å². The van der Waals surface area contributed by atoms with Crippen LogP contribution in [0, 0.1) is 6.57 Å². The van der Waals surface area contributed by atoms with Crippen LogP contribution in [0.25, 0.3) is 60.9 Å². The number of hydrogen-bond acceptors (Lipinski definition) is 4. The fraction of sp³-hybridized carbons (Fsp3) is 0.0196. The molecule has 0 saturated heterocycles. The van der Waals surface area contributed by atoms with Gasteiger partial charge in [-0.25, -0.2) is 19.8 Å². The first kappa shape index (κ1) is 32.9. The monoisotopic (exact) mass is 716 g/mol. The van der Waals surface area contributed by atoms with Crippen molar-refractivity contribution in [2.45, 2.75) is 5.41 Å². The first-order chi connectivity index (χ1) is 27.7. The van der Waals surface area contributed by atoms with Crippen molar-refractivity contribution in [2.24, 2.45) is 0 Å². The Labute approximate surface area is 325 Å². The summed E-state index contributed by atoms with van der Waals surface area (Å²) in [6.07, 6.45) is 0. The van der Waals surface area contributed by atoms with Crippen LogP contribution >= 0.6 is 0 Å². The van der Waals surface area contributed by atoms with Crippen LogP contribution in [-0.2, 0) is 5.41 Å². The molecule has 0 amide bonds. The minimum absolute atomic E-state index is 0.554. The average Bonchev–Trinajstić information content (AvgIpc) is 3.28. The molecule has 9 aromatic rings. The number of hydrogen-bond donors (Lipinski definition) is 0. The van der Waals surface area contributed by atoms with E-state index in [0.717, 1.165) is 61.2 Å². The molecule has 262 valence electrons. The number of benzene rings is 8. The maximum Gasteiger partial charge on any atom is 0.194 e. The summed E-state index contributed by atoms with van der Waals surface area (Å²) in [6, 6.07) is 66.4. The second-order valence-corrected chi connectivity index (χ2v) is 13.8. The van der Waals surface area contributed by atoms with Crippen molar-refractivity contribution in [1.29, 1.82) is 0 Å². The smallest absolute Gasteiger partial charge is 0.194 e. The fourth-order valence-corrected chi connectivity index (χ4v) is 8.12. The summed E-state index contributed by atoms with van der Waals surface area (Å²) in [4.78, 5) is 18.7. The van der Waals surface area contributed by atoms with Crippen LogP contribution in [0.5, 0.6) is 11.5 Å². The van der Waals surface area contributed by atoms with Crippen molar-refractivity contribution in [1.82, 2.24) is 15.0 Å². The second kappa shape index (κ2) is 13.6. The molecule has 0 saturated carbocycles. The highest BCUT2D eigenvalue weighted by Crippen LogP contribution is 2.55. The predicted molar refractivity (Wildman–Crippen MR) is 224 cm³/mol. The Hall–Kier alpha value is -7.68. The highest BCUT2D eigenvalue weighted by Gasteiger charge is 2.45. The third-order valence-electron chi connectivity index (χ3n) is 10.7. The third-order valence-corrected chi connectivity index (χ3v) is 10.7. The molecule has 0 aliphatic carbocycles. The lowest BCUT2D eigenvalue weighted by molar-refractivity contribution is 0.435. The van der Waals surface area contributed by atoms with E-state index in [0.29, 0.717) is 23.2 Å². The van der Waals surface area contributed by atoms with Gasteiger partial charge in [-0.15, -0.1) is 0 Å². The predicted octanol–water partition coefficient (Wildman–Crippen LogP) is 12.7. The molecule has 0 N–H and O–H groups in total. The molecule has 56 heavy (non-hydrogen) atoms. The normalized spacial score (nSPS) is 12.6. The second-order valence-electron chi connectivity index (χ2n) is 13.8. The van der Waals surface area contributed by atoms with Crippen molar-refractivity contribution >= 4 is 16.5 Å². The summed E-state index contributed by atoms with van der Waals surface area (Å²) in [6.45, 7) is 7.71. The first-order valence-corrected chi connectivity index (χ1v) is 18.6. The molecule has 1 aliphatic rings. The van der Waals surface area contributed by atoms with Crippen LogP contribution in [-0.4, -0.2) is 15.0 Å². The molecule has 1 aromatic heterocycles. The van der Waals surface area contributed by atoms with E-state index in [-0.39, 0.29) is 0 Å². The quantitative estimate of drug-likeness (QED) is 0.161. The Morgan fingerprint density at radius 2 is 0.929 bits per heavy atom. The molecule has 0 fully saturated rings. The number of nitrogens with zero attached hydrogens (tertiary/aromatic N) is 4. The summed E-state index contributed by atoms with van der Waals surface area (Å²) >= 11 is 0. The Kier molecular flexibility index (Phi) is 8.01. The molecule has 0 atom stereocenters. The Morgan fingerprint density at radius 3 is 1.61 bits per heavy atom. The van der Waals surface area contributed by atoms with Crippen LogP contribution in [0.3, 0.4) is 0 Å². The lowest BCUT2D eigenvalue weighted by atomic mass is 9.63. The van der Waals surface area contributed by atoms with Gasteiger partial charge in [0.25, 0.3) is 0 Å². The SMILES string of the molecule is [C-]#[N+]c1ccc(-c2nc(-c3ccccc3)nc(-c3ccc(-c4ccc5c(c4)Oc4ccccc4C5(c4ccccc4)c4ccccc4)cc3)n2)c2ccccc12. The minimum atomic E-state index is -0.566. The molecule has 0 radical (unpaired) electrons. The van der Waals surface area contributed by atoms with Gasteiger partial charge < -0.3 is 4.74 Å². The molecule has 10 rings (SSSR count). The number of rotatable bonds is 6. The summed E-state index contributed by atoms with van der Waals surface area (Å²) in [5.74, 6) is 3.37. The lowest BCUT2D eigenvalue weighted by Crippen LogP contribution is -2.34. The molecule has 8 aromatic carbocycles. The summed E-state index contributed by atoms with van der Waals surface area (Å²) < 4.78 is 6.74. The molecule has 5 heteroatoms. The van der Waals surface area contributed by atoms with Gasteiger partial charge in [0.1, 0.15) is 11.5 Å². The largest absolute Gasteiger partial charge is 0.457 e. The summed E-state index contributed by atoms with van der Waals surface area (Å²) in [7, 11) is 0. The van der Waals surface area contributed by atoms with Crippen LogP contribution in [0.2, 0.25) is 0 Å². The molecular weight excluding hydrogens is 685 g/mol. The van der Waals surface area contributed by atoms with Crippen LogP contribution in [0.4, 0.5) is 5.69 Å². The van der Waals surface area contributed by atoms with Crippen LogP contribution in [0.1, 0.15) is 22.3 Å². The topological polar surface area (TPSA) is 52.3 Å². The van der Waals surface area contributed by atoms with E-state index in [1.165, 1.54) is 11.1 Å². The number of para-hydroxylation sites is 1. The zero-order valence-electron chi connectivity index (χ0n) is 30.2. The summed E-state index contributed by atoms with van der Waals surface area (Å²) in [5.41, 5.74) is 9.30. The van der Waals surface area contributed by atoms with Gasteiger partial charge in [-0.3, -0.25) is 0 Å². The Balaban J connectivity index is 1.08. The zero-order valence-corrected chi connectivity index (χ0v) is 30.2. The number of aromatic nitrogens is 3. The minimum Gasteiger partial charge on any atom is -0.457 e. The van der Waals surface area contributed by atoms with Crippen LogP contribution < -0.4 is 4.74 Å². The van der Waals surface area contributed by atoms with Gasteiger partial charge >= 0.3 is 0 Å². The third kappa shape index (κ3) is 5.43. The van der Waals surface area contributed by atoms with Crippen LogP contribution in [0.15, 0.2) is 194 Å². The molecule has 2 heterocycles. The maximum atomic E-state index is 7.71. The average molecular weight is 717 g/mol. The van der Waals surface area contributed by atoms with E-state index in [2.05, 4.69) is 126 Å². The fourth-order valence-electron chi connectivity index (χ4n) is 8.12. The maximum absolute atomic E-state index is 7.71. The summed E-state index contributed by atoms with van der Waals surface area (Å²) in [5, 5.41) is 1.79. The Morgan fingerprint density at radius 1 is 0.411 bits per heavy atom. The van der Waals surface area contributed by atoms with Crippen molar-refractivity contribution in [2.75, 3.05) is 0 Å². The molecule has 0 spiro atoms. The van der Waals surface area contributed by atoms with Gasteiger partial charge in [-0.1, -0.05) is 182 Å². The van der Waals surface area contributed by atoms with E-state index in [9.17, 15) is 0 Å². The standard InChI is InChI=1S/C51H32N4O/c1-52-45-32-30-42(40-21-11-12-22-41(40)45)50-54-48(35-15-5-2-6-16-35)53-49(55-50)36-27-25-34(26-28-36)37-29-31-44-47(33-37)56-46-24-14-13-23-43(46)51(44,38-17-7-3-8-18-38)39-19-9-4-10-20-39/h2-33H. The van der Waals surface area contributed by atoms with Gasteiger partial charge in [-0.2, -0.15) is 0 Å². The molecule has 5 nitrogen and oxygen atoms in total. The van der Waals surface area contributed by atoms with Crippen molar-refractivity contribution in [3.05, 3.63) is 228 Å². The van der Waals surface area contributed by atoms with E-state index in [4.69, 9.17) is 26.3 Å². The van der Waals surface area contributed by atoms with E-state index < -0.39 is 5.41 Å². The highest BCUT2D eigenvalue weighted by atomic mass is 16.5. The van der Waals surface area contributed by atoms with Gasteiger partial charge in [0.05, 0.1) is 12.0 Å². The van der Waals surface area contributed by atoms with Gasteiger partial charge in [0.2, 0.25) is 0 Å². The highest BCUT2D eigenvalue weighted by molar-refractivity contribution is 6.03. The molecule has 0 unspecified atom stereocenters. The first-order valence-electron chi connectivity index (χ1n) is 18.6. The Bertz CT molecular complexity index is 2900. The van der Waals surface area contributed by atoms with Crippen molar-refractivity contribution in [3.8, 4) is 56.8 Å². The van der Waals surface area contributed by atoms with Gasteiger partial charge in [-0.05, 0) is 45.2 Å². The number of ether oxygens (including phenoxy) is 1. The molecule has 0 bridgehead atoms. The molecular formula is C51H32N4O. The lowest BCUT2D eigenvalue weighted by Gasteiger charge is -2.41. The van der Waals surface area contributed by atoms with Gasteiger partial charge in [0.15, 0.2) is 23.2 Å². The van der Waals surface area contributed by atoms with Gasteiger partial charge in [0, 0.05) is 27.8 Å². The van der Waals surface area contributed by atoms with E-state index in [1.807, 2.05) is 72.8 Å². The van der Waals surface area contributed by atoms with Crippen molar-refractivity contribution < 1.29 is 4.74 Å². The van der Waals surface area contributed by atoms with Crippen molar-refractivity contribution in [3.63, 3.8) is 0 Å². The zero-order chi connectivity index (χ0) is 37.5. The molecule has 1 aliphatic heterocycles. The number of fused-ring (bicyclic) bond motifs is 3.